The largest absolute Gasteiger partial charge is 0.338 e. The van der Waals surface area contributed by atoms with Crippen LogP contribution >= 0.6 is 11.3 Å². The maximum atomic E-state index is 13.5. The zero-order valence-electron chi connectivity index (χ0n) is 19.2. The lowest BCUT2D eigenvalue weighted by Gasteiger charge is -2.39. The van der Waals surface area contributed by atoms with Crippen LogP contribution in [0, 0.1) is 12.7 Å². The Bertz CT molecular complexity index is 1200. The van der Waals surface area contributed by atoms with E-state index in [1.54, 1.807) is 28.4 Å². The number of fused-ring (bicyclic) bond motifs is 1. The second-order valence-electron chi connectivity index (χ2n) is 8.96. The van der Waals surface area contributed by atoms with Gasteiger partial charge in [-0.25, -0.2) is 4.39 Å². The summed E-state index contributed by atoms with van der Waals surface area (Å²) >= 11 is 1.80. The van der Waals surface area contributed by atoms with E-state index in [1.807, 2.05) is 4.90 Å². The normalized spacial score (nSPS) is 18.6. The second-order valence-corrected chi connectivity index (χ2v) is 9.96. The maximum absolute atomic E-state index is 13.5. The van der Waals surface area contributed by atoms with Crippen molar-refractivity contribution in [2.45, 2.75) is 19.4 Å². The first-order valence-corrected chi connectivity index (χ1v) is 12.6. The van der Waals surface area contributed by atoms with Crippen LogP contribution in [0.15, 0.2) is 60.0 Å². The molecule has 0 radical (unpaired) electrons. The van der Waals surface area contributed by atoms with Crippen LogP contribution in [0.3, 0.4) is 0 Å². The molecule has 5 nitrogen and oxygen atoms in total. The molecule has 1 atom stereocenters. The van der Waals surface area contributed by atoms with Gasteiger partial charge in [0.15, 0.2) is 0 Å². The van der Waals surface area contributed by atoms with Crippen molar-refractivity contribution < 1.29 is 14.0 Å². The first kappa shape index (κ1) is 22.7. The van der Waals surface area contributed by atoms with Crippen molar-refractivity contribution in [3.63, 3.8) is 0 Å². The number of amides is 2. The molecule has 0 unspecified atom stereocenters. The van der Waals surface area contributed by atoms with Crippen molar-refractivity contribution in [3.05, 3.63) is 92.9 Å². The summed E-state index contributed by atoms with van der Waals surface area (Å²) in [5.41, 5.74) is 4.14. The molecule has 2 amide bonds. The molecule has 2 aromatic carbocycles. The molecule has 1 saturated heterocycles. The summed E-state index contributed by atoms with van der Waals surface area (Å²) in [5, 5.41) is 2.15. The van der Waals surface area contributed by atoms with E-state index < -0.39 is 5.82 Å². The summed E-state index contributed by atoms with van der Waals surface area (Å²) in [4.78, 5) is 33.3. The molecule has 34 heavy (non-hydrogen) atoms. The molecule has 2 aliphatic heterocycles. The van der Waals surface area contributed by atoms with Gasteiger partial charge in [-0.2, -0.15) is 0 Å². The molecule has 0 saturated carbocycles. The van der Waals surface area contributed by atoms with Crippen molar-refractivity contribution >= 4 is 23.2 Å². The van der Waals surface area contributed by atoms with Crippen molar-refractivity contribution in [2.75, 3.05) is 39.3 Å². The third-order valence-electron chi connectivity index (χ3n) is 6.88. The Balaban J connectivity index is 1.26. The molecule has 3 heterocycles. The van der Waals surface area contributed by atoms with Crippen molar-refractivity contribution in [1.29, 1.82) is 0 Å². The number of benzene rings is 2. The number of aryl methyl sites for hydroxylation is 1. The Hall–Kier alpha value is -3.03. The number of carbonyl (C=O) groups is 2. The average molecular weight is 478 g/mol. The zero-order valence-corrected chi connectivity index (χ0v) is 20.1. The van der Waals surface area contributed by atoms with Crippen LogP contribution in [0.1, 0.15) is 38.0 Å². The van der Waals surface area contributed by atoms with Crippen molar-refractivity contribution in [2.24, 2.45) is 0 Å². The summed E-state index contributed by atoms with van der Waals surface area (Å²) in [6, 6.07) is 16.5. The molecule has 3 aromatic rings. The summed E-state index contributed by atoms with van der Waals surface area (Å²) < 4.78 is 13.5. The van der Waals surface area contributed by atoms with E-state index in [9.17, 15) is 14.0 Å². The average Bonchev–Trinajstić information content (AvgIpc) is 3.33. The number of hydrogen-bond donors (Lipinski definition) is 0. The van der Waals surface area contributed by atoms with Gasteiger partial charge in [-0.05, 0) is 59.7 Å². The summed E-state index contributed by atoms with van der Waals surface area (Å²) in [6.07, 6.45) is 0.957. The van der Waals surface area contributed by atoms with Gasteiger partial charge in [-0.1, -0.05) is 30.3 Å². The van der Waals surface area contributed by atoms with Crippen molar-refractivity contribution in [1.82, 2.24) is 14.7 Å². The minimum atomic E-state index is -0.418. The Morgan fingerprint density at radius 2 is 1.71 bits per heavy atom. The fraction of sp³-hybridized carbons (Fsp3) is 0.333. The molecule has 0 N–H and O–H groups in total. The molecule has 0 bridgehead atoms. The highest BCUT2D eigenvalue weighted by Crippen LogP contribution is 2.38. The predicted molar refractivity (Wildman–Crippen MR) is 132 cm³/mol. The summed E-state index contributed by atoms with van der Waals surface area (Å²) in [6.45, 7) is 5.22. The van der Waals surface area contributed by atoms with Crippen LogP contribution in [0.4, 0.5) is 4.39 Å². The number of rotatable bonds is 4. The Morgan fingerprint density at radius 3 is 2.47 bits per heavy atom. The van der Waals surface area contributed by atoms with E-state index in [0.29, 0.717) is 38.3 Å². The number of nitrogens with zero attached hydrogens (tertiary/aromatic N) is 3. The van der Waals surface area contributed by atoms with E-state index in [0.717, 1.165) is 13.0 Å². The van der Waals surface area contributed by atoms with E-state index in [-0.39, 0.29) is 17.9 Å². The minimum Gasteiger partial charge on any atom is -0.338 e. The lowest BCUT2D eigenvalue weighted by atomic mass is 9.90. The number of hydrogen-bond acceptors (Lipinski definition) is 4. The first-order valence-electron chi connectivity index (χ1n) is 11.7. The van der Waals surface area contributed by atoms with Crippen LogP contribution in [0.2, 0.25) is 0 Å². The summed E-state index contributed by atoms with van der Waals surface area (Å²) in [5.74, 6) is -0.513. The van der Waals surface area contributed by atoms with Gasteiger partial charge in [0, 0.05) is 43.2 Å². The lowest BCUT2D eigenvalue weighted by Crippen LogP contribution is -2.53. The molecule has 5 rings (SSSR count). The third kappa shape index (κ3) is 4.50. The molecule has 1 aromatic heterocycles. The quantitative estimate of drug-likeness (QED) is 0.568. The van der Waals surface area contributed by atoms with Crippen molar-refractivity contribution in [3.8, 4) is 0 Å². The minimum absolute atomic E-state index is 0.0796. The van der Waals surface area contributed by atoms with Crippen LogP contribution in [-0.2, 0) is 11.2 Å². The Morgan fingerprint density at radius 1 is 0.941 bits per heavy atom. The zero-order chi connectivity index (χ0) is 23.7. The Labute approximate surface area is 203 Å². The van der Waals surface area contributed by atoms with Gasteiger partial charge in [0.05, 0.1) is 12.6 Å². The Kier molecular flexibility index (Phi) is 6.48. The van der Waals surface area contributed by atoms with Crippen LogP contribution in [-0.4, -0.2) is 65.8 Å². The van der Waals surface area contributed by atoms with E-state index >= 15 is 0 Å². The van der Waals surface area contributed by atoms with Crippen LogP contribution in [0.5, 0.6) is 0 Å². The first-order chi connectivity index (χ1) is 16.5. The highest BCUT2D eigenvalue weighted by atomic mass is 32.1. The molecule has 176 valence electrons. The number of halogens is 1. The third-order valence-corrected chi connectivity index (χ3v) is 7.87. The van der Waals surface area contributed by atoms with Gasteiger partial charge < -0.3 is 9.80 Å². The van der Waals surface area contributed by atoms with E-state index in [4.69, 9.17) is 0 Å². The van der Waals surface area contributed by atoms with Gasteiger partial charge in [0.2, 0.25) is 5.91 Å². The monoisotopic (exact) mass is 477 g/mol. The molecule has 2 aliphatic rings. The van der Waals surface area contributed by atoms with Gasteiger partial charge in [-0.15, -0.1) is 11.3 Å². The van der Waals surface area contributed by atoms with E-state index in [2.05, 4.69) is 47.5 Å². The number of thiophene rings is 1. The van der Waals surface area contributed by atoms with Gasteiger partial charge >= 0.3 is 0 Å². The fourth-order valence-corrected chi connectivity index (χ4v) is 5.94. The fourth-order valence-electron chi connectivity index (χ4n) is 5.03. The van der Waals surface area contributed by atoms with E-state index in [1.165, 1.54) is 33.7 Å². The topological polar surface area (TPSA) is 43.9 Å². The highest BCUT2D eigenvalue weighted by Gasteiger charge is 2.33. The van der Waals surface area contributed by atoms with Gasteiger partial charge in [0.1, 0.15) is 5.82 Å². The molecule has 0 spiro atoms. The molecule has 1 fully saturated rings. The predicted octanol–water partition coefficient (Wildman–Crippen LogP) is 4.13. The van der Waals surface area contributed by atoms with Crippen LogP contribution in [0.25, 0.3) is 0 Å². The number of piperazine rings is 1. The maximum Gasteiger partial charge on any atom is 0.254 e. The highest BCUT2D eigenvalue weighted by molar-refractivity contribution is 7.10. The smallest absolute Gasteiger partial charge is 0.254 e. The standard InChI is InChI=1S/C27H28FN3O2S/c1-19-5-2-3-8-22(19)26-23-10-16-34-24(23)9-11-31(26)18-25(32)29-12-14-30(15-13-29)27(33)20-6-4-7-21(28)17-20/h2-8,10,16-17,26H,9,11-15,18H2,1H3/t26-/m1/s1. The lowest BCUT2D eigenvalue weighted by molar-refractivity contribution is -0.134. The summed E-state index contributed by atoms with van der Waals surface area (Å²) in [7, 11) is 0. The van der Waals surface area contributed by atoms with Crippen LogP contribution < -0.4 is 0 Å². The molecule has 0 aliphatic carbocycles. The van der Waals surface area contributed by atoms with Gasteiger partial charge in [-0.3, -0.25) is 14.5 Å². The second kappa shape index (κ2) is 9.68. The molecule has 7 heteroatoms. The molecular formula is C27H28FN3O2S. The number of carbonyl (C=O) groups excluding carboxylic acids is 2. The SMILES string of the molecule is Cc1ccccc1[C@@H]1c2ccsc2CCN1CC(=O)N1CCN(C(=O)c2cccc(F)c2)CC1. The van der Waals surface area contributed by atoms with Gasteiger partial charge in [0.25, 0.3) is 5.91 Å². The molecular weight excluding hydrogens is 449 g/mol.